The predicted molar refractivity (Wildman–Crippen MR) is 84.4 cm³/mol. The quantitative estimate of drug-likeness (QED) is 0.853. The molecule has 106 valence electrons. The first kappa shape index (κ1) is 14.7. The van der Waals surface area contributed by atoms with Crippen LogP contribution in [0.25, 0.3) is 0 Å². The monoisotopic (exact) mass is 308 g/mol. The normalized spacial score (nSPS) is 13.7. The Kier molecular flexibility index (Phi) is 4.57. The van der Waals surface area contributed by atoms with Gasteiger partial charge in [0, 0.05) is 11.4 Å². The van der Waals surface area contributed by atoms with Crippen molar-refractivity contribution in [2.75, 3.05) is 11.1 Å². The molecule has 0 saturated heterocycles. The third-order valence-corrected chi connectivity index (χ3v) is 5.72. The van der Waals surface area contributed by atoms with Crippen LogP contribution >= 0.6 is 11.3 Å². The summed E-state index contributed by atoms with van der Waals surface area (Å²) in [5.74, 6) is -0.260. The van der Waals surface area contributed by atoms with Crippen LogP contribution < -0.4 is 11.1 Å². The van der Waals surface area contributed by atoms with Crippen molar-refractivity contribution in [2.24, 2.45) is 0 Å². The van der Waals surface area contributed by atoms with Gasteiger partial charge in [-0.3, -0.25) is 9.00 Å². The molecular weight excluding hydrogens is 292 g/mol. The molecule has 0 aliphatic carbocycles. The van der Waals surface area contributed by atoms with E-state index in [1.807, 2.05) is 18.4 Å². The standard InChI is InChI=1S/C14H16N2O2S2/c1-9-8-11(15)5-6-12(9)16-14(17)10(2)20(18)13-4-3-7-19-13/h3-8,10H,15H2,1-2H3,(H,16,17). The molecule has 4 nitrogen and oxygen atoms in total. The third-order valence-electron chi connectivity index (χ3n) is 2.89. The van der Waals surface area contributed by atoms with Crippen molar-refractivity contribution in [3.8, 4) is 0 Å². The van der Waals surface area contributed by atoms with E-state index >= 15 is 0 Å². The van der Waals surface area contributed by atoms with Crippen LogP contribution in [0.15, 0.2) is 39.9 Å². The third kappa shape index (κ3) is 3.26. The lowest BCUT2D eigenvalue weighted by Crippen LogP contribution is -2.29. The molecular formula is C14H16N2O2S2. The molecule has 0 radical (unpaired) electrons. The van der Waals surface area contributed by atoms with Crippen LogP contribution in [0.5, 0.6) is 0 Å². The van der Waals surface area contributed by atoms with Gasteiger partial charge in [0.1, 0.15) is 5.25 Å². The van der Waals surface area contributed by atoms with Crippen LogP contribution in [-0.2, 0) is 15.6 Å². The zero-order chi connectivity index (χ0) is 14.7. The lowest BCUT2D eigenvalue weighted by Gasteiger charge is -2.13. The zero-order valence-corrected chi connectivity index (χ0v) is 12.9. The van der Waals surface area contributed by atoms with Crippen molar-refractivity contribution in [1.29, 1.82) is 0 Å². The van der Waals surface area contributed by atoms with Crippen molar-refractivity contribution < 1.29 is 9.00 Å². The van der Waals surface area contributed by atoms with Crippen LogP contribution in [0.4, 0.5) is 11.4 Å². The molecule has 2 unspecified atom stereocenters. The van der Waals surface area contributed by atoms with E-state index in [1.165, 1.54) is 11.3 Å². The molecule has 6 heteroatoms. The molecule has 1 aromatic carbocycles. The number of carbonyl (C=O) groups is 1. The fourth-order valence-electron chi connectivity index (χ4n) is 1.71. The van der Waals surface area contributed by atoms with E-state index < -0.39 is 16.0 Å². The maximum atomic E-state index is 12.2. The Labute approximate surface area is 124 Å². The lowest BCUT2D eigenvalue weighted by atomic mass is 10.2. The number of benzene rings is 1. The van der Waals surface area contributed by atoms with Crippen molar-refractivity contribution >= 4 is 39.4 Å². The summed E-state index contributed by atoms with van der Waals surface area (Å²) >= 11 is 1.39. The van der Waals surface area contributed by atoms with Gasteiger partial charge < -0.3 is 11.1 Å². The highest BCUT2D eigenvalue weighted by Crippen LogP contribution is 2.21. The maximum absolute atomic E-state index is 12.2. The van der Waals surface area contributed by atoms with E-state index in [4.69, 9.17) is 5.73 Å². The summed E-state index contributed by atoms with van der Waals surface area (Å²) in [6.07, 6.45) is 0. The second-order valence-electron chi connectivity index (χ2n) is 4.44. The summed E-state index contributed by atoms with van der Waals surface area (Å²) in [5.41, 5.74) is 7.89. The smallest absolute Gasteiger partial charge is 0.240 e. The number of amides is 1. The van der Waals surface area contributed by atoms with Crippen LogP contribution in [0.2, 0.25) is 0 Å². The minimum Gasteiger partial charge on any atom is -0.399 e. The van der Waals surface area contributed by atoms with E-state index in [0.717, 1.165) is 5.56 Å². The molecule has 0 bridgehead atoms. The fraction of sp³-hybridized carbons (Fsp3) is 0.214. The molecule has 0 aliphatic rings. The van der Waals surface area contributed by atoms with Gasteiger partial charge in [-0.15, -0.1) is 11.3 Å². The van der Waals surface area contributed by atoms with Crippen LogP contribution in [0, 0.1) is 6.92 Å². The van der Waals surface area contributed by atoms with Gasteiger partial charge in [0.15, 0.2) is 0 Å². The number of nitrogens with one attached hydrogen (secondary N) is 1. The number of nitrogens with two attached hydrogens (primary N) is 1. The molecule has 2 rings (SSSR count). The fourth-order valence-corrected chi connectivity index (χ4v) is 3.95. The van der Waals surface area contributed by atoms with E-state index in [-0.39, 0.29) is 5.91 Å². The first-order valence-corrected chi connectivity index (χ1v) is 8.19. The summed E-state index contributed by atoms with van der Waals surface area (Å²) in [6.45, 7) is 3.53. The first-order valence-electron chi connectivity index (χ1n) is 6.10. The Morgan fingerprint density at radius 2 is 2.15 bits per heavy atom. The van der Waals surface area contributed by atoms with Gasteiger partial charge >= 0.3 is 0 Å². The molecule has 0 spiro atoms. The SMILES string of the molecule is Cc1cc(N)ccc1NC(=O)C(C)S(=O)c1cccs1. The van der Waals surface area contributed by atoms with Crippen molar-refractivity contribution in [3.63, 3.8) is 0 Å². The maximum Gasteiger partial charge on any atom is 0.240 e. The van der Waals surface area contributed by atoms with Crippen molar-refractivity contribution in [1.82, 2.24) is 0 Å². The van der Waals surface area contributed by atoms with Gasteiger partial charge in [-0.2, -0.15) is 0 Å². The lowest BCUT2D eigenvalue weighted by molar-refractivity contribution is -0.115. The Balaban J connectivity index is 2.10. The number of hydrogen-bond donors (Lipinski definition) is 2. The van der Waals surface area contributed by atoms with Crippen LogP contribution in [-0.4, -0.2) is 15.4 Å². The van der Waals surface area contributed by atoms with Gasteiger partial charge in [-0.25, -0.2) is 0 Å². The Morgan fingerprint density at radius 3 is 2.75 bits per heavy atom. The predicted octanol–water partition coefficient (Wildman–Crippen LogP) is 2.77. The Morgan fingerprint density at radius 1 is 1.40 bits per heavy atom. The van der Waals surface area contributed by atoms with Crippen molar-refractivity contribution in [3.05, 3.63) is 41.3 Å². The highest BCUT2D eigenvalue weighted by atomic mass is 32.2. The number of carbonyl (C=O) groups excluding carboxylic acids is 1. The molecule has 3 N–H and O–H groups in total. The average molecular weight is 308 g/mol. The summed E-state index contributed by atoms with van der Waals surface area (Å²) in [7, 11) is -1.33. The number of nitrogen functional groups attached to an aromatic ring is 1. The average Bonchev–Trinajstić information content (AvgIpc) is 2.94. The van der Waals surface area contributed by atoms with E-state index in [2.05, 4.69) is 5.32 Å². The summed E-state index contributed by atoms with van der Waals surface area (Å²) < 4.78 is 12.9. The molecule has 0 saturated carbocycles. The largest absolute Gasteiger partial charge is 0.399 e. The zero-order valence-electron chi connectivity index (χ0n) is 11.3. The Bertz CT molecular complexity index is 639. The summed E-state index contributed by atoms with van der Waals surface area (Å²) in [6, 6.07) is 8.87. The number of anilines is 2. The van der Waals surface area contributed by atoms with E-state index in [9.17, 15) is 9.00 Å². The molecule has 0 aliphatic heterocycles. The summed E-state index contributed by atoms with van der Waals surface area (Å²) in [4.78, 5) is 12.2. The summed E-state index contributed by atoms with van der Waals surface area (Å²) in [5, 5.41) is 4.04. The topological polar surface area (TPSA) is 72.2 Å². The van der Waals surface area contributed by atoms with Crippen molar-refractivity contribution in [2.45, 2.75) is 23.3 Å². The number of hydrogen-bond acceptors (Lipinski definition) is 4. The molecule has 1 aromatic heterocycles. The molecule has 0 fully saturated rings. The highest BCUT2D eigenvalue weighted by Gasteiger charge is 2.22. The van der Waals surface area contributed by atoms with Gasteiger partial charge in [0.05, 0.1) is 15.0 Å². The van der Waals surface area contributed by atoms with Crippen LogP contribution in [0.1, 0.15) is 12.5 Å². The van der Waals surface area contributed by atoms with Crippen LogP contribution in [0.3, 0.4) is 0 Å². The highest BCUT2D eigenvalue weighted by molar-refractivity contribution is 7.88. The molecule has 2 aromatic rings. The minimum absolute atomic E-state index is 0.260. The Hall–Kier alpha value is -1.66. The first-order chi connectivity index (χ1) is 9.49. The number of rotatable bonds is 4. The van der Waals surface area contributed by atoms with Gasteiger partial charge in [-0.1, -0.05) is 6.07 Å². The number of thiophene rings is 1. The molecule has 20 heavy (non-hydrogen) atoms. The van der Waals surface area contributed by atoms with Gasteiger partial charge in [0.25, 0.3) is 0 Å². The molecule has 1 heterocycles. The molecule has 1 amide bonds. The number of aryl methyl sites for hydroxylation is 1. The minimum atomic E-state index is -1.33. The van der Waals surface area contributed by atoms with Gasteiger partial charge in [0.2, 0.25) is 5.91 Å². The van der Waals surface area contributed by atoms with E-state index in [1.54, 1.807) is 31.2 Å². The van der Waals surface area contributed by atoms with E-state index in [0.29, 0.717) is 15.6 Å². The second-order valence-corrected chi connectivity index (χ2v) is 7.38. The molecule has 2 atom stereocenters. The second kappa shape index (κ2) is 6.19. The van der Waals surface area contributed by atoms with Gasteiger partial charge in [-0.05, 0) is 49.1 Å².